The molecule has 2 heteroatoms. The fraction of sp³-hybridized carbons (Fsp3) is 0.538. The Morgan fingerprint density at radius 2 is 2.00 bits per heavy atom. The molecule has 0 atom stereocenters. The highest BCUT2D eigenvalue weighted by Crippen LogP contribution is 2.22. The molecule has 0 spiro atoms. The minimum Gasteiger partial charge on any atom is -0.398 e. The maximum absolute atomic E-state index is 5.85. The largest absolute Gasteiger partial charge is 0.398 e. The first-order valence-corrected chi connectivity index (χ1v) is 5.54. The van der Waals surface area contributed by atoms with Gasteiger partial charge in [0.15, 0.2) is 0 Å². The molecular formula is C13H22N2. The molecule has 0 bridgehead atoms. The summed E-state index contributed by atoms with van der Waals surface area (Å²) in [4.78, 5) is 0. The van der Waals surface area contributed by atoms with Crippen molar-refractivity contribution in [1.82, 2.24) is 0 Å². The molecule has 0 amide bonds. The first-order chi connectivity index (χ1) is 6.94. The van der Waals surface area contributed by atoms with E-state index in [2.05, 4.69) is 38.2 Å². The third kappa shape index (κ3) is 3.46. The summed E-state index contributed by atoms with van der Waals surface area (Å²) in [6.07, 6.45) is 1.17. The van der Waals surface area contributed by atoms with Crippen LogP contribution >= 0.6 is 0 Å². The fourth-order valence-corrected chi connectivity index (χ4v) is 1.22. The molecule has 0 unspecified atom stereocenters. The minimum absolute atomic E-state index is 0.333. The van der Waals surface area contributed by atoms with E-state index in [1.54, 1.807) is 0 Å². The lowest BCUT2D eigenvalue weighted by Gasteiger charge is -2.23. The number of nitrogens with one attached hydrogen (secondary N) is 1. The Kier molecular flexibility index (Phi) is 3.61. The highest BCUT2D eigenvalue weighted by Gasteiger charge is 2.14. The van der Waals surface area contributed by atoms with E-state index in [0.29, 0.717) is 5.41 Å². The van der Waals surface area contributed by atoms with Gasteiger partial charge >= 0.3 is 0 Å². The Balaban J connectivity index is 2.62. The molecule has 0 radical (unpaired) electrons. The summed E-state index contributed by atoms with van der Waals surface area (Å²) in [6, 6.07) is 6.13. The molecule has 0 aliphatic heterocycles. The smallest absolute Gasteiger partial charge is 0.0364 e. The summed E-state index contributed by atoms with van der Waals surface area (Å²) in [5.74, 6) is 0. The third-order valence-corrected chi connectivity index (χ3v) is 3.01. The number of rotatable bonds is 4. The van der Waals surface area contributed by atoms with Crippen molar-refractivity contribution in [3.8, 4) is 0 Å². The van der Waals surface area contributed by atoms with Crippen molar-refractivity contribution in [3.63, 3.8) is 0 Å². The molecule has 0 aromatic heterocycles. The van der Waals surface area contributed by atoms with Crippen LogP contribution < -0.4 is 11.1 Å². The van der Waals surface area contributed by atoms with Crippen LogP contribution in [0.15, 0.2) is 18.2 Å². The Morgan fingerprint density at radius 3 is 2.53 bits per heavy atom. The molecule has 15 heavy (non-hydrogen) atoms. The second-order valence-electron chi connectivity index (χ2n) is 4.94. The molecule has 0 saturated carbocycles. The molecular weight excluding hydrogens is 184 g/mol. The van der Waals surface area contributed by atoms with Crippen LogP contribution in [-0.2, 0) is 0 Å². The van der Waals surface area contributed by atoms with Crippen molar-refractivity contribution < 1.29 is 0 Å². The van der Waals surface area contributed by atoms with E-state index < -0.39 is 0 Å². The van der Waals surface area contributed by atoms with Crippen molar-refractivity contribution in [2.75, 3.05) is 17.6 Å². The van der Waals surface area contributed by atoms with Crippen molar-refractivity contribution in [1.29, 1.82) is 0 Å². The number of nitrogen functional groups attached to an aromatic ring is 1. The monoisotopic (exact) mass is 206 g/mol. The van der Waals surface area contributed by atoms with Gasteiger partial charge in [0.05, 0.1) is 0 Å². The molecule has 0 aliphatic rings. The standard InChI is InChI=1S/C13H22N2/c1-5-13(3,4)9-15-11-7-6-10(2)12(14)8-11/h6-8,15H,5,9,14H2,1-4H3. The van der Waals surface area contributed by atoms with Gasteiger partial charge in [0, 0.05) is 17.9 Å². The summed E-state index contributed by atoms with van der Waals surface area (Å²) in [5.41, 5.74) is 9.29. The van der Waals surface area contributed by atoms with Crippen LogP contribution in [-0.4, -0.2) is 6.54 Å². The lowest BCUT2D eigenvalue weighted by Crippen LogP contribution is -2.22. The van der Waals surface area contributed by atoms with Crippen molar-refractivity contribution in [3.05, 3.63) is 23.8 Å². The highest BCUT2D eigenvalue weighted by atomic mass is 14.9. The molecule has 84 valence electrons. The van der Waals surface area contributed by atoms with Crippen LogP contribution in [0.1, 0.15) is 32.8 Å². The number of aryl methyl sites for hydroxylation is 1. The third-order valence-electron chi connectivity index (χ3n) is 3.01. The maximum Gasteiger partial charge on any atom is 0.0364 e. The van der Waals surface area contributed by atoms with E-state index in [9.17, 15) is 0 Å². The van der Waals surface area contributed by atoms with E-state index >= 15 is 0 Å². The average Bonchev–Trinajstić information content (AvgIpc) is 2.20. The molecule has 1 aromatic carbocycles. The second-order valence-corrected chi connectivity index (χ2v) is 4.94. The first-order valence-electron chi connectivity index (χ1n) is 5.54. The Bertz CT molecular complexity index is 329. The van der Waals surface area contributed by atoms with E-state index in [4.69, 9.17) is 5.73 Å². The molecule has 1 rings (SSSR count). The van der Waals surface area contributed by atoms with Crippen molar-refractivity contribution in [2.24, 2.45) is 5.41 Å². The van der Waals surface area contributed by atoms with Crippen LogP contribution in [0.5, 0.6) is 0 Å². The van der Waals surface area contributed by atoms with E-state index in [-0.39, 0.29) is 0 Å². The molecule has 1 aromatic rings. The van der Waals surface area contributed by atoms with Crippen LogP contribution in [0.4, 0.5) is 11.4 Å². The number of hydrogen-bond acceptors (Lipinski definition) is 2. The molecule has 2 nitrogen and oxygen atoms in total. The van der Waals surface area contributed by atoms with Gasteiger partial charge in [-0.3, -0.25) is 0 Å². The first kappa shape index (κ1) is 11.9. The van der Waals surface area contributed by atoms with Gasteiger partial charge in [-0.25, -0.2) is 0 Å². The number of anilines is 2. The SMILES string of the molecule is CCC(C)(C)CNc1ccc(C)c(N)c1. The predicted octanol–water partition coefficient (Wildman–Crippen LogP) is 3.43. The fourth-order valence-electron chi connectivity index (χ4n) is 1.22. The van der Waals surface area contributed by atoms with Crippen LogP contribution in [0, 0.1) is 12.3 Å². The number of benzene rings is 1. The Morgan fingerprint density at radius 1 is 1.33 bits per heavy atom. The van der Waals surface area contributed by atoms with E-state index in [1.807, 2.05) is 13.0 Å². The summed E-state index contributed by atoms with van der Waals surface area (Å²) >= 11 is 0. The van der Waals surface area contributed by atoms with Gasteiger partial charge in [-0.05, 0) is 36.5 Å². The topological polar surface area (TPSA) is 38.0 Å². The molecule has 0 heterocycles. The summed E-state index contributed by atoms with van der Waals surface area (Å²) in [6.45, 7) is 9.74. The van der Waals surface area contributed by atoms with E-state index in [1.165, 1.54) is 6.42 Å². The van der Waals surface area contributed by atoms with Gasteiger partial charge < -0.3 is 11.1 Å². The van der Waals surface area contributed by atoms with Crippen LogP contribution in [0.25, 0.3) is 0 Å². The van der Waals surface area contributed by atoms with E-state index in [0.717, 1.165) is 23.5 Å². The lowest BCUT2D eigenvalue weighted by molar-refractivity contribution is 0.377. The van der Waals surface area contributed by atoms with Gasteiger partial charge in [0.25, 0.3) is 0 Å². The van der Waals surface area contributed by atoms with Gasteiger partial charge in [-0.1, -0.05) is 26.8 Å². The van der Waals surface area contributed by atoms with Gasteiger partial charge in [-0.2, -0.15) is 0 Å². The molecule has 0 fully saturated rings. The van der Waals surface area contributed by atoms with Gasteiger partial charge in [-0.15, -0.1) is 0 Å². The van der Waals surface area contributed by atoms with Crippen molar-refractivity contribution in [2.45, 2.75) is 34.1 Å². The maximum atomic E-state index is 5.85. The molecule has 0 saturated heterocycles. The molecule has 0 aliphatic carbocycles. The Labute approximate surface area is 92.9 Å². The van der Waals surface area contributed by atoms with Crippen LogP contribution in [0.2, 0.25) is 0 Å². The molecule has 3 N–H and O–H groups in total. The number of hydrogen-bond donors (Lipinski definition) is 2. The van der Waals surface area contributed by atoms with Crippen LogP contribution in [0.3, 0.4) is 0 Å². The van der Waals surface area contributed by atoms with Gasteiger partial charge in [0.2, 0.25) is 0 Å². The second kappa shape index (κ2) is 4.56. The summed E-state index contributed by atoms with van der Waals surface area (Å²) in [5, 5.41) is 3.42. The van der Waals surface area contributed by atoms with Gasteiger partial charge in [0.1, 0.15) is 0 Å². The quantitative estimate of drug-likeness (QED) is 0.741. The average molecular weight is 206 g/mol. The normalized spacial score (nSPS) is 11.5. The summed E-state index contributed by atoms with van der Waals surface area (Å²) in [7, 11) is 0. The Hall–Kier alpha value is -1.18. The van der Waals surface area contributed by atoms with Crippen molar-refractivity contribution >= 4 is 11.4 Å². The zero-order valence-electron chi connectivity index (χ0n) is 10.2. The summed E-state index contributed by atoms with van der Waals surface area (Å²) < 4.78 is 0. The predicted molar refractivity (Wildman–Crippen MR) is 68.2 cm³/mol. The highest BCUT2D eigenvalue weighted by molar-refractivity contribution is 5.58. The zero-order chi connectivity index (χ0) is 11.5. The number of nitrogens with two attached hydrogens (primary N) is 1. The lowest BCUT2D eigenvalue weighted by atomic mass is 9.90. The minimum atomic E-state index is 0.333. The zero-order valence-corrected chi connectivity index (χ0v) is 10.2.